The fourth-order valence-corrected chi connectivity index (χ4v) is 3.57. The molecule has 0 heterocycles. The van der Waals surface area contributed by atoms with E-state index in [1.807, 2.05) is 0 Å². The zero-order chi connectivity index (χ0) is 27.2. The van der Waals surface area contributed by atoms with Gasteiger partial charge in [-0.25, -0.2) is 22.8 Å². The summed E-state index contributed by atoms with van der Waals surface area (Å²) in [6.07, 6.45) is 0.185. The van der Waals surface area contributed by atoms with Crippen molar-refractivity contribution >= 4 is 17.8 Å². The van der Waals surface area contributed by atoms with Crippen LogP contribution in [-0.2, 0) is 26.4 Å². The Kier molecular flexibility index (Phi) is 8.93. The molecule has 37 heavy (non-hydrogen) atoms. The second kappa shape index (κ2) is 11.9. The van der Waals surface area contributed by atoms with Crippen LogP contribution in [0.4, 0.5) is 18.0 Å². The van der Waals surface area contributed by atoms with Gasteiger partial charge in [-0.2, -0.15) is 0 Å². The van der Waals surface area contributed by atoms with E-state index in [1.165, 1.54) is 13.8 Å². The van der Waals surface area contributed by atoms with E-state index in [0.717, 1.165) is 6.20 Å². The molecule has 8 nitrogen and oxygen atoms in total. The van der Waals surface area contributed by atoms with Crippen LogP contribution in [0.3, 0.4) is 0 Å². The summed E-state index contributed by atoms with van der Waals surface area (Å²) < 4.78 is 55.3. The lowest BCUT2D eigenvalue weighted by molar-refractivity contribution is -0.138. The normalized spacial score (nSPS) is 14.9. The maximum atomic E-state index is 15.2. The van der Waals surface area contributed by atoms with Crippen LogP contribution >= 0.6 is 0 Å². The van der Waals surface area contributed by atoms with Crippen molar-refractivity contribution in [1.82, 2.24) is 10.6 Å². The van der Waals surface area contributed by atoms with E-state index in [-0.39, 0.29) is 32.7 Å². The molecule has 0 aromatic heterocycles. The van der Waals surface area contributed by atoms with Crippen LogP contribution in [0.1, 0.15) is 48.2 Å². The Labute approximate surface area is 211 Å². The fraction of sp³-hybridized carbons (Fsp3) is 0.346. The smallest absolute Gasteiger partial charge is 0.408 e. The Hall–Kier alpha value is -3.86. The average Bonchev–Trinajstić information content (AvgIpc) is 3.65. The molecule has 1 amide bonds. The number of halogens is 3. The second-order valence-corrected chi connectivity index (χ2v) is 8.54. The van der Waals surface area contributed by atoms with Crippen molar-refractivity contribution in [2.75, 3.05) is 13.2 Å². The summed E-state index contributed by atoms with van der Waals surface area (Å²) in [6.45, 7) is 2.46. The quantitative estimate of drug-likeness (QED) is 0.104. The van der Waals surface area contributed by atoms with Crippen LogP contribution < -0.4 is 10.6 Å². The monoisotopic (exact) mass is 520 g/mol. The van der Waals surface area contributed by atoms with Gasteiger partial charge in [-0.15, -0.1) is 0 Å². The Balaban J connectivity index is 1.86. The molecule has 1 aliphatic carbocycles. The van der Waals surface area contributed by atoms with Gasteiger partial charge in [-0.1, -0.05) is 30.3 Å². The van der Waals surface area contributed by atoms with Crippen LogP contribution in [0, 0.1) is 17.5 Å². The van der Waals surface area contributed by atoms with Crippen LogP contribution in [0.25, 0.3) is 0 Å². The van der Waals surface area contributed by atoms with E-state index < -0.39 is 63.6 Å². The van der Waals surface area contributed by atoms with Gasteiger partial charge >= 0.3 is 12.1 Å². The van der Waals surface area contributed by atoms with Gasteiger partial charge in [0.15, 0.2) is 11.6 Å². The van der Waals surface area contributed by atoms with Crippen molar-refractivity contribution in [3.05, 3.63) is 82.3 Å². The summed E-state index contributed by atoms with van der Waals surface area (Å²) in [5.41, 5.74) is -3.33. The molecule has 198 valence electrons. The molecule has 2 aromatic rings. The lowest BCUT2D eigenvalue weighted by Crippen LogP contribution is -2.37. The molecule has 0 radical (unpaired) electrons. The van der Waals surface area contributed by atoms with Crippen molar-refractivity contribution in [2.24, 2.45) is 0 Å². The molecule has 1 saturated carbocycles. The Morgan fingerprint density at radius 3 is 2.38 bits per heavy atom. The standard InChI is InChI=1S/C26H27F3N2O6/c1-3-36-24(34)18(12-30-15(2)13-32)23(33)17-11-19(27)20(22(29)21(17)28)26(9-10-26)31-25(35)37-14-16-7-5-4-6-8-16/h4-8,11-12,15,30,32H,3,9-10,13-14H2,1-2H3,(H,31,35). The van der Waals surface area contributed by atoms with Crippen molar-refractivity contribution in [3.63, 3.8) is 0 Å². The molecule has 1 fully saturated rings. The molecular formula is C26H27F3N2O6. The molecule has 0 aliphatic heterocycles. The van der Waals surface area contributed by atoms with Gasteiger partial charge in [-0.05, 0) is 38.3 Å². The molecule has 1 aliphatic rings. The number of nitrogens with one attached hydrogen (secondary N) is 2. The lowest BCUT2D eigenvalue weighted by atomic mass is 9.96. The zero-order valence-electron chi connectivity index (χ0n) is 20.3. The number of hydrogen-bond acceptors (Lipinski definition) is 7. The predicted octanol–water partition coefficient (Wildman–Crippen LogP) is 3.62. The van der Waals surface area contributed by atoms with E-state index in [2.05, 4.69) is 10.6 Å². The number of Topliss-reactive ketones (excluding diaryl/α,β-unsaturated/α-hetero) is 1. The van der Waals surface area contributed by atoms with Crippen LogP contribution in [0.2, 0.25) is 0 Å². The Bertz CT molecular complexity index is 1200. The molecule has 1 unspecified atom stereocenters. The maximum absolute atomic E-state index is 15.2. The minimum Gasteiger partial charge on any atom is -0.462 e. The molecule has 0 bridgehead atoms. The first-order valence-corrected chi connectivity index (χ1v) is 11.6. The molecule has 0 saturated heterocycles. The minimum atomic E-state index is -1.68. The Morgan fingerprint density at radius 2 is 1.78 bits per heavy atom. The van der Waals surface area contributed by atoms with Crippen molar-refractivity contribution in [1.29, 1.82) is 0 Å². The van der Waals surface area contributed by atoms with Crippen LogP contribution in [0.15, 0.2) is 48.2 Å². The number of alkyl carbamates (subject to hydrolysis) is 1. The second-order valence-electron chi connectivity index (χ2n) is 8.54. The summed E-state index contributed by atoms with van der Waals surface area (Å²) >= 11 is 0. The molecule has 11 heteroatoms. The molecule has 1 atom stereocenters. The number of carbonyl (C=O) groups excluding carboxylic acids is 3. The average molecular weight is 521 g/mol. The fourth-order valence-electron chi connectivity index (χ4n) is 3.57. The number of esters is 1. The third-order valence-electron chi connectivity index (χ3n) is 5.71. The number of amides is 1. The number of carbonyl (C=O) groups is 3. The highest BCUT2D eigenvalue weighted by molar-refractivity contribution is 6.24. The van der Waals surface area contributed by atoms with Crippen molar-refractivity contribution in [2.45, 2.75) is 44.9 Å². The molecule has 2 aromatic carbocycles. The van der Waals surface area contributed by atoms with Gasteiger partial charge < -0.3 is 25.2 Å². The summed E-state index contributed by atoms with van der Waals surface area (Å²) in [4.78, 5) is 37.5. The highest BCUT2D eigenvalue weighted by Gasteiger charge is 2.51. The number of aliphatic hydroxyl groups is 1. The van der Waals surface area contributed by atoms with Gasteiger partial charge in [0.25, 0.3) is 0 Å². The number of ketones is 1. The first-order chi connectivity index (χ1) is 17.6. The summed E-state index contributed by atoms with van der Waals surface area (Å²) in [7, 11) is 0. The zero-order valence-corrected chi connectivity index (χ0v) is 20.3. The van der Waals surface area contributed by atoms with Gasteiger partial charge in [0.05, 0.1) is 29.9 Å². The number of rotatable bonds is 11. The lowest BCUT2D eigenvalue weighted by Gasteiger charge is -2.20. The summed E-state index contributed by atoms with van der Waals surface area (Å²) in [5, 5.41) is 14.1. The number of aliphatic hydroxyl groups excluding tert-OH is 1. The third-order valence-corrected chi connectivity index (χ3v) is 5.71. The molecule has 3 rings (SSSR count). The van der Waals surface area contributed by atoms with E-state index >= 15 is 13.2 Å². The third kappa shape index (κ3) is 6.48. The predicted molar refractivity (Wildman–Crippen MR) is 126 cm³/mol. The first kappa shape index (κ1) is 27.7. The Morgan fingerprint density at radius 1 is 1.11 bits per heavy atom. The SMILES string of the molecule is CCOC(=O)C(=CNC(C)CO)C(=O)c1cc(F)c(C2(NC(=O)OCc3ccccc3)CC2)c(F)c1F. The highest BCUT2D eigenvalue weighted by Crippen LogP contribution is 2.48. The van der Waals surface area contributed by atoms with Crippen LogP contribution in [0.5, 0.6) is 0 Å². The van der Waals surface area contributed by atoms with E-state index in [1.54, 1.807) is 30.3 Å². The van der Waals surface area contributed by atoms with E-state index in [4.69, 9.17) is 14.6 Å². The van der Waals surface area contributed by atoms with E-state index in [0.29, 0.717) is 11.6 Å². The highest BCUT2D eigenvalue weighted by atomic mass is 19.2. The summed E-state index contributed by atoms with van der Waals surface area (Å²) in [6, 6.07) is 8.64. The van der Waals surface area contributed by atoms with Crippen molar-refractivity contribution < 1.29 is 42.1 Å². The number of ether oxygens (including phenoxy) is 2. The molecular weight excluding hydrogens is 493 g/mol. The van der Waals surface area contributed by atoms with Gasteiger partial charge in [0.2, 0.25) is 5.78 Å². The first-order valence-electron chi connectivity index (χ1n) is 11.6. The molecule has 3 N–H and O–H groups in total. The van der Waals surface area contributed by atoms with Gasteiger partial charge in [-0.3, -0.25) is 4.79 Å². The van der Waals surface area contributed by atoms with Gasteiger partial charge in [0, 0.05) is 12.2 Å². The van der Waals surface area contributed by atoms with Gasteiger partial charge in [0.1, 0.15) is 18.0 Å². The van der Waals surface area contributed by atoms with Crippen molar-refractivity contribution in [3.8, 4) is 0 Å². The topological polar surface area (TPSA) is 114 Å². The summed E-state index contributed by atoms with van der Waals surface area (Å²) in [5.74, 6) is -7.08. The number of benzene rings is 2. The van der Waals surface area contributed by atoms with E-state index in [9.17, 15) is 14.4 Å². The van der Waals surface area contributed by atoms with Crippen LogP contribution in [-0.4, -0.2) is 42.2 Å². The minimum absolute atomic E-state index is 0.0819. The maximum Gasteiger partial charge on any atom is 0.408 e. The largest absolute Gasteiger partial charge is 0.462 e. The number of hydrogen-bond donors (Lipinski definition) is 3. The molecule has 0 spiro atoms.